The van der Waals surface area contributed by atoms with Gasteiger partial charge in [-0.05, 0) is 68.9 Å². The molecule has 1 aliphatic heterocycles. The Labute approximate surface area is 278 Å². The topological polar surface area (TPSA) is 111 Å². The molecule has 0 spiro atoms. The zero-order valence-corrected chi connectivity index (χ0v) is 28.6. The Hall–Kier alpha value is -3.91. The predicted molar refractivity (Wildman–Crippen MR) is 181 cm³/mol. The van der Waals surface area contributed by atoms with Crippen LogP contribution in [0.25, 0.3) is 6.08 Å². The van der Waals surface area contributed by atoms with Crippen LogP contribution in [0.4, 0.5) is 0 Å². The van der Waals surface area contributed by atoms with E-state index in [4.69, 9.17) is 21.1 Å². The van der Waals surface area contributed by atoms with Crippen LogP contribution < -0.4 is 10.6 Å². The number of carbonyl (C=O) groups is 4. The molecule has 0 saturated carbocycles. The van der Waals surface area contributed by atoms with Crippen molar-refractivity contribution in [3.63, 3.8) is 0 Å². The number of aryl methyl sites for hydroxylation is 2. The first-order valence-corrected chi connectivity index (χ1v) is 16.2. The van der Waals surface area contributed by atoms with Crippen molar-refractivity contribution in [3.8, 4) is 0 Å². The van der Waals surface area contributed by atoms with Gasteiger partial charge in [-0.25, -0.2) is 4.79 Å². The van der Waals surface area contributed by atoms with Crippen molar-refractivity contribution in [2.45, 2.75) is 86.0 Å². The molecule has 1 heterocycles. The van der Waals surface area contributed by atoms with Gasteiger partial charge in [-0.2, -0.15) is 0 Å². The van der Waals surface area contributed by atoms with E-state index in [1.54, 1.807) is 26.0 Å². The average Bonchev–Trinajstić information content (AvgIpc) is 2.98. The smallest absolute Gasteiger partial charge is 0.347 e. The molecule has 2 aromatic carbocycles. The summed E-state index contributed by atoms with van der Waals surface area (Å²) in [6.45, 7) is 12.9. The van der Waals surface area contributed by atoms with Crippen molar-refractivity contribution in [2.75, 3.05) is 6.54 Å². The zero-order chi connectivity index (χ0) is 34.0. The lowest BCUT2D eigenvalue weighted by Crippen LogP contribution is -2.51. The Balaban J connectivity index is 1.94. The van der Waals surface area contributed by atoms with Crippen LogP contribution in [0.15, 0.2) is 60.7 Å². The Morgan fingerprint density at radius 3 is 2.43 bits per heavy atom. The van der Waals surface area contributed by atoms with Crippen molar-refractivity contribution < 1.29 is 28.7 Å². The number of ether oxygens (including phenoxy) is 2. The highest BCUT2D eigenvalue weighted by Gasteiger charge is 2.37. The number of halogens is 1. The molecule has 2 amide bonds. The minimum absolute atomic E-state index is 0.0375. The van der Waals surface area contributed by atoms with E-state index < -0.39 is 47.4 Å². The van der Waals surface area contributed by atoms with E-state index in [0.717, 1.165) is 22.3 Å². The van der Waals surface area contributed by atoms with E-state index in [1.807, 2.05) is 77.1 Å². The molecular weight excluding hydrogens is 604 g/mol. The molecular formula is C37H47ClN2O6. The monoisotopic (exact) mass is 650 g/mol. The largest absolute Gasteiger partial charge is 0.459 e. The second kappa shape index (κ2) is 16.6. The number of cyclic esters (lactones) is 2. The Morgan fingerprint density at radius 1 is 1.02 bits per heavy atom. The first-order chi connectivity index (χ1) is 21.6. The van der Waals surface area contributed by atoms with E-state index >= 15 is 0 Å². The van der Waals surface area contributed by atoms with E-state index in [0.29, 0.717) is 5.02 Å². The van der Waals surface area contributed by atoms with Crippen LogP contribution in [-0.4, -0.2) is 48.5 Å². The minimum Gasteiger partial charge on any atom is -0.459 e. The predicted octanol–water partition coefficient (Wildman–Crippen LogP) is 6.31. The number of hydrogen-bond donors (Lipinski definition) is 2. The van der Waals surface area contributed by atoms with Crippen molar-refractivity contribution in [1.29, 1.82) is 0 Å². The van der Waals surface area contributed by atoms with Crippen molar-refractivity contribution in [2.24, 2.45) is 17.3 Å². The Bertz CT molecular complexity index is 1460. The first-order valence-electron chi connectivity index (χ1n) is 15.8. The van der Waals surface area contributed by atoms with Gasteiger partial charge in [0.05, 0.1) is 5.41 Å². The maximum atomic E-state index is 13.5. The van der Waals surface area contributed by atoms with E-state index in [-0.39, 0.29) is 37.6 Å². The molecule has 1 aliphatic rings. The summed E-state index contributed by atoms with van der Waals surface area (Å²) in [7, 11) is 0. The molecule has 0 radical (unpaired) electrons. The fourth-order valence-corrected chi connectivity index (χ4v) is 5.11. The fraction of sp³-hybridized carbons (Fsp3) is 0.459. The lowest BCUT2D eigenvalue weighted by Gasteiger charge is -2.29. The maximum absolute atomic E-state index is 13.5. The molecule has 2 aromatic rings. The van der Waals surface area contributed by atoms with Gasteiger partial charge >= 0.3 is 11.9 Å². The molecule has 0 aromatic heterocycles. The highest BCUT2D eigenvalue weighted by Crippen LogP contribution is 2.24. The van der Waals surface area contributed by atoms with E-state index in [9.17, 15) is 19.2 Å². The first kappa shape index (κ1) is 36.6. The van der Waals surface area contributed by atoms with Crippen LogP contribution in [0, 0.1) is 31.1 Å². The number of rotatable bonds is 7. The summed E-state index contributed by atoms with van der Waals surface area (Å²) in [6.07, 6.45) is 5.80. The van der Waals surface area contributed by atoms with Crippen LogP contribution in [0.1, 0.15) is 69.7 Å². The molecule has 0 aliphatic carbocycles. The quantitative estimate of drug-likeness (QED) is 0.340. The molecule has 0 saturated heterocycles. The van der Waals surface area contributed by atoms with Gasteiger partial charge in [-0.15, -0.1) is 0 Å². The molecule has 2 N–H and O–H groups in total. The molecule has 4 atom stereocenters. The van der Waals surface area contributed by atoms with Gasteiger partial charge in [0.15, 0.2) is 6.10 Å². The molecule has 9 heteroatoms. The fourth-order valence-electron chi connectivity index (χ4n) is 4.91. The van der Waals surface area contributed by atoms with Gasteiger partial charge in [-0.1, -0.05) is 92.6 Å². The van der Waals surface area contributed by atoms with Gasteiger partial charge in [0.2, 0.25) is 11.8 Å². The zero-order valence-electron chi connectivity index (χ0n) is 27.9. The van der Waals surface area contributed by atoms with Gasteiger partial charge in [-0.3, -0.25) is 14.4 Å². The molecule has 8 nitrogen and oxygen atoms in total. The van der Waals surface area contributed by atoms with Gasteiger partial charge < -0.3 is 20.1 Å². The SMILES string of the molecule is Cc1cccc(/C=C/[C@@H](C)[C@@H]2C/C=C/C(=O)N[C@H](Cc3ccc(C)c(Cl)c3)C(=O)NCC(C)(C)C(=O)O[C@@H](CC(C)C)C(=O)O2)c1. The number of nitrogens with one attached hydrogen (secondary N) is 2. The molecule has 248 valence electrons. The second-order valence-corrected chi connectivity index (χ2v) is 13.6. The number of esters is 2. The standard InChI is InChI=1S/C37H47ClN2O6/c1-23(2)18-32-35(43)45-31(26(5)15-16-27-11-8-10-24(3)19-27)12-9-13-33(41)40-30(21-28-17-14-25(4)29(38)20-28)34(42)39-22-37(6,7)36(44)46-32/h8-11,13-17,19-20,23,26,30-32H,12,18,21-22H2,1-7H3,(H,39,42)(H,40,41)/b13-9+,16-15+/t26-,30-,31+,32+/m1/s1. The van der Waals surface area contributed by atoms with Crippen molar-refractivity contribution in [1.82, 2.24) is 10.6 Å². The summed E-state index contributed by atoms with van der Waals surface area (Å²) in [5, 5.41) is 6.13. The molecule has 0 bridgehead atoms. The van der Waals surface area contributed by atoms with Crippen molar-refractivity contribution in [3.05, 3.63) is 88.0 Å². The third-order valence-corrected chi connectivity index (χ3v) is 8.30. The third kappa shape index (κ3) is 11.2. The molecule has 46 heavy (non-hydrogen) atoms. The second-order valence-electron chi connectivity index (χ2n) is 13.2. The third-order valence-electron chi connectivity index (χ3n) is 7.89. The van der Waals surface area contributed by atoms with Crippen LogP contribution >= 0.6 is 11.6 Å². The number of hydrogen-bond acceptors (Lipinski definition) is 6. The molecule has 0 unspecified atom stereocenters. The van der Waals surface area contributed by atoms with Crippen LogP contribution in [0.3, 0.4) is 0 Å². The van der Waals surface area contributed by atoms with Crippen LogP contribution in [0.2, 0.25) is 5.02 Å². The normalized spacial score (nSPS) is 22.9. The highest BCUT2D eigenvalue weighted by molar-refractivity contribution is 6.31. The van der Waals surface area contributed by atoms with Gasteiger partial charge in [0.1, 0.15) is 12.1 Å². The summed E-state index contributed by atoms with van der Waals surface area (Å²) in [4.78, 5) is 53.4. The minimum atomic E-state index is -1.17. The number of amides is 2. The summed E-state index contributed by atoms with van der Waals surface area (Å²) in [5.41, 5.74) is 2.63. The maximum Gasteiger partial charge on any atom is 0.347 e. The average molecular weight is 651 g/mol. The molecule has 0 fully saturated rings. The highest BCUT2D eigenvalue weighted by atomic mass is 35.5. The summed E-state index contributed by atoms with van der Waals surface area (Å²) >= 11 is 6.32. The lowest BCUT2D eigenvalue weighted by molar-refractivity contribution is -0.178. The molecule has 3 rings (SSSR count). The van der Waals surface area contributed by atoms with E-state index in [1.165, 1.54) is 6.08 Å². The van der Waals surface area contributed by atoms with Crippen molar-refractivity contribution >= 4 is 41.4 Å². The Kier molecular flexibility index (Phi) is 13.2. The van der Waals surface area contributed by atoms with Crippen LogP contribution in [0.5, 0.6) is 0 Å². The van der Waals surface area contributed by atoms with E-state index in [2.05, 4.69) is 16.7 Å². The lowest BCUT2D eigenvalue weighted by atomic mass is 9.93. The summed E-state index contributed by atoms with van der Waals surface area (Å²) in [5.74, 6) is -2.43. The number of benzene rings is 2. The summed E-state index contributed by atoms with van der Waals surface area (Å²) < 4.78 is 11.8. The summed E-state index contributed by atoms with van der Waals surface area (Å²) in [6, 6.07) is 12.6. The van der Waals surface area contributed by atoms with Crippen LogP contribution in [-0.2, 0) is 35.1 Å². The van der Waals surface area contributed by atoms with Gasteiger partial charge in [0, 0.05) is 30.3 Å². The number of carbonyl (C=O) groups excluding carboxylic acids is 4. The Morgan fingerprint density at radius 2 is 1.76 bits per heavy atom. The van der Waals surface area contributed by atoms with Gasteiger partial charge in [0.25, 0.3) is 0 Å².